The van der Waals surface area contributed by atoms with E-state index in [9.17, 15) is 14.4 Å². The van der Waals surface area contributed by atoms with Gasteiger partial charge in [0.1, 0.15) is 6.04 Å². The molecule has 9 nitrogen and oxygen atoms in total. The van der Waals surface area contributed by atoms with Crippen LogP contribution in [-0.4, -0.2) is 42.3 Å². The monoisotopic (exact) mass is 538 g/mol. The Balaban J connectivity index is 0.00000544. The fraction of sp³-hybridized carbons (Fsp3) is 0.273. The highest BCUT2D eigenvalue weighted by Gasteiger charge is 2.25. The van der Waals surface area contributed by atoms with Crippen LogP contribution >= 0.6 is 28.3 Å². The highest BCUT2D eigenvalue weighted by Crippen LogP contribution is 2.10. The molecule has 0 aliphatic carbocycles. The molecule has 0 aliphatic rings. The lowest BCUT2D eigenvalue weighted by Crippen LogP contribution is -2.53. The number of rotatable bonds is 10. The van der Waals surface area contributed by atoms with Gasteiger partial charge >= 0.3 is 0 Å². The van der Waals surface area contributed by atoms with Crippen LogP contribution in [0.3, 0.4) is 0 Å². The van der Waals surface area contributed by atoms with Crippen LogP contribution in [-0.2, 0) is 16.0 Å². The number of carbonyl (C=O) groups is 3. The van der Waals surface area contributed by atoms with Crippen molar-refractivity contribution >= 4 is 52.0 Å². The molecule has 0 aromatic heterocycles. The smallest absolute Gasteiger partial charge is 0.257 e. The molecule has 0 saturated carbocycles. The fourth-order valence-electron chi connectivity index (χ4n) is 2.91. The number of hydrogen-bond donors (Lipinski definition) is 6. The number of hydrogen-bond acceptors (Lipinski definition) is 5. The third-order valence-corrected chi connectivity index (χ3v) is 5.13. The number of nitrogens with one attached hydrogen (secondary N) is 4. The molecule has 2 atom stereocenters. The minimum Gasteiger partial charge on any atom is -0.370 e. The van der Waals surface area contributed by atoms with Gasteiger partial charge in [0, 0.05) is 16.6 Å². The van der Waals surface area contributed by atoms with E-state index >= 15 is 0 Å². The van der Waals surface area contributed by atoms with Gasteiger partial charge in [-0.15, -0.1) is 12.4 Å². The molecule has 178 valence electrons. The molecule has 33 heavy (non-hydrogen) atoms. The lowest BCUT2D eigenvalue weighted by molar-refractivity contribution is -0.129. The zero-order valence-electron chi connectivity index (χ0n) is 17.8. The van der Waals surface area contributed by atoms with Crippen LogP contribution in [0.15, 0.2) is 59.1 Å². The maximum atomic E-state index is 12.8. The maximum Gasteiger partial charge on any atom is 0.257 e. The minimum atomic E-state index is -0.975. The Hall–Kier alpha value is -2.95. The first-order chi connectivity index (χ1) is 15.3. The van der Waals surface area contributed by atoms with E-state index in [-0.39, 0.29) is 24.8 Å². The van der Waals surface area contributed by atoms with Gasteiger partial charge in [0.25, 0.3) is 5.91 Å². The molecular formula is C22H28BrClN6O3. The van der Waals surface area contributed by atoms with Gasteiger partial charge in [-0.2, -0.15) is 0 Å². The Morgan fingerprint density at radius 2 is 1.64 bits per heavy atom. The molecule has 0 aliphatic heterocycles. The van der Waals surface area contributed by atoms with Crippen molar-refractivity contribution in [3.05, 3.63) is 70.2 Å². The SMILES string of the molecule is Cl.N=C(N)NCCC[C@H](NC(=O)[C@@H](N)Cc1ccccc1)C(=O)NC(=O)c1ccc(Br)cc1. The van der Waals surface area contributed by atoms with Crippen LogP contribution in [0.4, 0.5) is 0 Å². The van der Waals surface area contributed by atoms with Gasteiger partial charge in [0.05, 0.1) is 6.04 Å². The lowest BCUT2D eigenvalue weighted by atomic mass is 10.0. The van der Waals surface area contributed by atoms with Gasteiger partial charge in [-0.3, -0.25) is 25.1 Å². The van der Waals surface area contributed by atoms with Gasteiger partial charge < -0.3 is 22.1 Å². The summed E-state index contributed by atoms with van der Waals surface area (Å²) in [6.07, 6.45) is 0.965. The van der Waals surface area contributed by atoms with E-state index in [4.69, 9.17) is 16.9 Å². The van der Waals surface area contributed by atoms with E-state index < -0.39 is 29.8 Å². The van der Waals surface area contributed by atoms with E-state index in [1.165, 1.54) is 0 Å². The summed E-state index contributed by atoms with van der Waals surface area (Å²) in [5.74, 6) is -1.90. The summed E-state index contributed by atoms with van der Waals surface area (Å²) >= 11 is 3.29. The molecule has 2 rings (SSSR count). The first kappa shape index (κ1) is 28.1. The van der Waals surface area contributed by atoms with Crippen LogP contribution in [0.25, 0.3) is 0 Å². The molecule has 0 heterocycles. The number of amides is 3. The summed E-state index contributed by atoms with van der Waals surface area (Å²) in [6, 6.07) is 14.0. The van der Waals surface area contributed by atoms with E-state index in [1.807, 2.05) is 30.3 Å². The molecule has 2 aromatic carbocycles. The first-order valence-electron chi connectivity index (χ1n) is 10.0. The van der Waals surface area contributed by atoms with Crippen molar-refractivity contribution in [3.8, 4) is 0 Å². The predicted molar refractivity (Wildman–Crippen MR) is 133 cm³/mol. The number of benzene rings is 2. The van der Waals surface area contributed by atoms with Gasteiger partial charge in [-0.1, -0.05) is 46.3 Å². The summed E-state index contributed by atoms with van der Waals surface area (Å²) in [5.41, 5.74) is 12.5. The highest BCUT2D eigenvalue weighted by molar-refractivity contribution is 9.10. The number of halogens is 2. The Kier molecular flexibility index (Phi) is 12.1. The topological polar surface area (TPSA) is 163 Å². The second-order valence-corrected chi connectivity index (χ2v) is 8.08. The maximum absolute atomic E-state index is 12.8. The fourth-order valence-corrected chi connectivity index (χ4v) is 3.17. The quantitative estimate of drug-likeness (QED) is 0.152. The summed E-state index contributed by atoms with van der Waals surface area (Å²) in [5, 5.41) is 14.8. The van der Waals surface area contributed by atoms with E-state index in [1.54, 1.807) is 24.3 Å². The average molecular weight is 540 g/mol. The average Bonchev–Trinajstić information content (AvgIpc) is 2.76. The van der Waals surface area contributed by atoms with Gasteiger partial charge in [-0.05, 0) is 49.1 Å². The zero-order chi connectivity index (χ0) is 23.5. The van der Waals surface area contributed by atoms with Gasteiger partial charge in [0.15, 0.2) is 5.96 Å². The highest BCUT2D eigenvalue weighted by atomic mass is 79.9. The van der Waals surface area contributed by atoms with Crippen LogP contribution in [0.5, 0.6) is 0 Å². The molecule has 0 fully saturated rings. The minimum absolute atomic E-state index is 0. The van der Waals surface area contributed by atoms with E-state index in [2.05, 4.69) is 31.9 Å². The van der Waals surface area contributed by atoms with Crippen molar-refractivity contribution in [2.75, 3.05) is 6.54 Å². The first-order valence-corrected chi connectivity index (χ1v) is 10.8. The van der Waals surface area contributed by atoms with Crippen molar-refractivity contribution < 1.29 is 14.4 Å². The number of carbonyl (C=O) groups excluding carboxylic acids is 3. The van der Waals surface area contributed by atoms with Crippen LogP contribution in [0.1, 0.15) is 28.8 Å². The van der Waals surface area contributed by atoms with Crippen molar-refractivity contribution in [1.29, 1.82) is 5.41 Å². The second kappa shape index (κ2) is 14.2. The zero-order valence-corrected chi connectivity index (χ0v) is 20.2. The Morgan fingerprint density at radius 3 is 2.24 bits per heavy atom. The molecule has 2 aromatic rings. The van der Waals surface area contributed by atoms with Crippen molar-refractivity contribution in [2.24, 2.45) is 11.5 Å². The van der Waals surface area contributed by atoms with E-state index in [0.717, 1.165) is 10.0 Å². The molecule has 0 radical (unpaired) electrons. The number of nitrogens with two attached hydrogens (primary N) is 2. The second-order valence-electron chi connectivity index (χ2n) is 7.17. The van der Waals surface area contributed by atoms with Gasteiger partial charge in [0.2, 0.25) is 11.8 Å². The third-order valence-electron chi connectivity index (χ3n) is 4.60. The van der Waals surface area contributed by atoms with Crippen LogP contribution < -0.4 is 27.4 Å². The molecule has 0 bridgehead atoms. The summed E-state index contributed by atoms with van der Waals surface area (Å²) in [6.45, 7) is 0.339. The Morgan fingerprint density at radius 1 is 1.00 bits per heavy atom. The molecular weight excluding hydrogens is 512 g/mol. The van der Waals surface area contributed by atoms with Crippen LogP contribution in [0, 0.1) is 5.41 Å². The van der Waals surface area contributed by atoms with Crippen molar-refractivity contribution in [3.63, 3.8) is 0 Å². The lowest BCUT2D eigenvalue weighted by Gasteiger charge is -2.20. The third kappa shape index (κ3) is 10.0. The van der Waals surface area contributed by atoms with Crippen molar-refractivity contribution in [2.45, 2.75) is 31.3 Å². The molecule has 3 amide bonds. The summed E-state index contributed by atoms with van der Waals surface area (Å²) < 4.78 is 0.802. The summed E-state index contributed by atoms with van der Waals surface area (Å²) in [7, 11) is 0. The summed E-state index contributed by atoms with van der Waals surface area (Å²) in [4.78, 5) is 37.8. The van der Waals surface area contributed by atoms with E-state index in [0.29, 0.717) is 24.9 Å². The molecule has 11 heteroatoms. The van der Waals surface area contributed by atoms with Crippen molar-refractivity contribution in [1.82, 2.24) is 16.0 Å². The largest absolute Gasteiger partial charge is 0.370 e. The standard InChI is InChI=1S/C22H27BrN6O3.ClH/c23-16-10-8-15(9-11-16)19(30)29-21(32)18(7-4-12-27-22(25)26)28-20(31)17(24)13-14-5-2-1-3-6-14;/h1-3,5-6,8-11,17-18H,4,7,12-13,24H2,(H,28,31)(H4,25,26,27)(H,29,30,32);1H/t17-,18-;/m0./s1. The number of imide groups is 1. The molecule has 0 unspecified atom stereocenters. The molecule has 0 spiro atoms. The molecule has 8 N–H and O–H groups in total. The Bertz CT molecular complexity index is 943. The normalized spacial score (nSPS) is 11.9. The van der Waals surface area contributed by atoms with Gasteiger partial charge in [-0.25, -0.2) is 0 Å². The predicted octanol–water partition coefficient (Wildman–Crippen LogP) is 1.45. The number of guanidine groups is 1. The van der Waals surface area contributed by atoms with Crippen LogP contribution in [0.2, 0.25) is 0 Å². The Labute approximate surface area is 207 Å². The molecule has 0 saturated heterocycles.